The summed E-state index contributed by atoms with van der Waals surface area (Å²) in [6.07, 6.45) is 0. The zero-order valence-corrected chi connectivity index (χ0v) is 10.9. The Morgan fingerprint density at radius 1 is 1.05 bits per heavy atom. The molecule has 100 valence electrons. The molecule has 0 heterocycles. The molecule has 0 amide bonds. The fourth-order valence-electron chi connectivity index (χ4n) is 1.69. The lowest BCUT2D eigenvalue weighted by Gasteiger charge is -2.10. The van der Waals surface area contributed by atoms with Crippen molar-refractivity contribution < 1.29 is 13.2 Å². The summed E-state index contributed by atoms with van der Waals surface area (Å²) >= 11 is 5.86. The minimum atomic E-state index is -1.46. The first-order chi connectivity index (χ1) is 8.97. The van der Waals surface area contributed by atoms with Crippen LogP contribution in [-0.2, 0) is 6.54 Å². The molecule has 0 saturated carbocycles. The Balaban J connectivity index is 2.17. The van der Waals surface area contributed by atoms with Crippen molar-refractivity contribution in [3.8, 4) is 0 Å². The van der Waals surface area contributed by atoms with Crippen molar-refractivity contribution in [3.05, 3.63) is 63.9 Å². The maximum absolute atomic E-state index is 13.0. The molecule has 1 nitrogen and oxygen atoms in total. The van der Waals surface area contributed by atoms with Gasteiger partial charge in [-0.05, 0) is 42.3 Å². The van der Waals surface area contributed by atoms with Gasteiger partial charge in [0.15, 0.2) is 17.5 Å². The Bertz CT molecular complexity index is 591. The third kappa shape index (κ3) is 3.20. The van der Waals surface area contributed by atoms with Crippen LogP contribution in [0.2, 0.25) is 5.02 Å². The molecule has 2 aromatic rings. The van der Waals surface area contributed by atoms with Gasteiger partial charge in [-0.2, -0.15) is 0 Å². The van der Waals surface area contributed by atoms with Crippen LogP contribution in [-0.4, -0.2) is 0 Å². The standard InChI is InChI=1S/C14H11ClF3N/c1-8-2-3-10(15)6-13(8)19-7-9-4-11(16)14(18)12(17)5-9/h2-6,19H,7H2,1H3. The molecule has 0 fully saturated rings. The van der Waals surface area contributed by atoms with Gasteiger partial charge in [-0.3, -0.25) is 0 Å². The number of rotatable bonds is 3. The molecule has 0 unspecified atom stereocenters. The quantitative estimate of drug-likeness (QED) is 0.808. The Morgan fingerprint density at radius 3 is 2.32 bits per heavy atom. The summed E-state index contributed by atoms with van der Waals surface area (Å²) in [7, 11) is 0. The van der Waals surface area contributed by atoms with Gasteiger partial charge in [0.2, 0.25) is 0 Å². The number of halogens is 4. The van der Waals surface area contributed by atoms with E-state index < -0.39 is 17.5 Å². The Hall–Kier alpha value is -1.68. The van der Waals surface area contributed by atoms with Crippen LogP contribution in [0.25, 0.3) is 0 Å². The summed E-state index contributed by atoms with van der Waals surface area (Å²) in [5.41, 5.74) is 2.03. The molecule has 0 atom stereocenters. The van der Waals surface area contributed by atoms with Crippen molar-refractivity contribution in [3.63, 3.8) is 0 Å². The molecule has 1 N–H and O–H groups in total. The first-order valence-corrected chi connectivity index (χ1v) is 5.98. The van der Waals surface area contributed by atoms with Crippen molar-refractivity contribution in [2.24, 2.45) is 0 Å². The van der Waals surface area contributed by atoms with Gasteiger partial charge in [-0.15, -0.1) is 0 Å². The molecule has 0 radical (unpaired) electrons. The summed E-state index contributed by atoms with van der Waals surface area (Å²) in [6.45, 7) is 2.06. The number of aryl methyl sites for hydroxylation is 1. The molecular weight excluding hydrogens is 275 g/mol. The monoisotopic (exact) mass is 285 g/mol. The van der Waals surface area contributed by atoms with Gasteiger partial charge >= 0.3 is 0 Å². The predicted octanol–water partition coefficient (Wildman–Crippen LogP) is 4.68. The fourth-order valence-corrected chi connectivity index (χ4v) is 1.86. The third-order valence-corrected chi connectivity index (χ3v) is 2.96. The number of hydrogen-bond donors (Lipinski definition) is 1. The zero-order chi connectivity index (χ0) is 14.0. The van der Waals surface area contributed by atoms with Crippen LogP contribution in [0.3, 0.4) is 0 Å². The molecule has 19 heavy (non-hydrogen) atoms. The van der Waals surface area contributed by atoms with E-state index in [2.05, 4.69) is 5.32 Å². The van der Waals surface area contributed by atoms with E-state index in [1.54, 1.807) is 12.1 Å². The summed E-state index contributed by atoms with van der Waals surface area (Å²) in [4.78, 5) is 0. The van der Waals surface area contributed by atoms with Crippen molar-refractivity contribution in [2.75, 3.05) is 5.32 Å². The second-order valence-corrected chi connectivity index (χ2v) is 4.62. The maximum atomic E-state index is 13.0. The highest BCUT2D eigenvalue weighted by Crippen LogP contribution is 2.21. The van der Waals surface area contributed by atoms with Gasteiger partial charge in [0.05, 0.1) is 0 Å². The first kappa shape index (κ1) is 13.7. The predicted molar refractivity (Wildman–Crippen MR) is 69.8 cm³/mol. The van der Waals surface area contributed by atoms with Gasteiger partial charge in [-0.1, -0.05) is 17.7 Å². The van der Waals surface area contributed by atoms with Gasteiger partial charge in [0.1, 0.15) is 0 Å². The number of benzene rings is 2. The lowest BCUT2D eigenvalue weighted by Crippen LogP contribution is -2.03. The highest BCUT2D eigenvalue weighted by molar-refractivity contribution is 6.30. The molecular formula is C14H11ClF3N. The highest BCUT2D eigenvalue weighted by Gasteiger charge is 2.10. The van der Waals surface area contributed by atoms with Crippen LogP contribution in [0.5, 0.6) is 0 Å². The van der Waals surface area contributed by atoms with Crippen molar-refractivity contribution in [1.82, 2.24) is 0 Å². The SMILES string of the molecule is Cc1ccc(Cl)cc1NCc1cc(F)c(F)c(F)c1. The van der Waals surface area contributed by atoms with Gasteiger partial charge in [-0.25, -0.2) is 13.2 Å². The lowest BCUT2D eigenvalue weighted by atomic mass is 10.1. The number of anilines is 1. The molecule has 0 spiro atoms. The third-order valence-electron chi connectivity index (χ3n) is 2.73. The van der Waals surface area contributed by atoms with E-state index in [0.717, 1.165) is 23.4 Å². The Kier molecular flexibility index (Phi) is 4.00. The van der Waals surface area contributed by atoms with E-state index in [4.69, 9.17) is 11.6 Å². The van der Waals surface area contributed by atoms with E-state index in [9.17, 15) is 13.2 Å². The van der Waals surface area contributed by atoms with E-state index in [0.29, 0.717) is 10.6 Å². The molecule has 5 heteroatoms. The normalized spacial score (nSPS) is 10.6. The van der Waals surface area contributed by atoms with Crippen LogP contribution < -0.4 is 5.32 Å². The minimum absolute atomic E-state index is 0.176. The molecule has 2 rings (SSSR count). The van der Waals surface area contributed by atoms with E-state index in [1.165, 1.54) is 0 Å². The van der Waals surface area contributed by atoms with Gasteiger partial charge < -0.3 is 5.32 Å². The maximum Gasteiger partial charge on any atom is 0.194 e. The van der Waals surface area contributed by atoms with E-state index in [-0.39, 0.29) is 6.54 Å². The first-order valence-electron chi connectivity index (χ1n) is 5.61. The lowest BCUT2D eigenvalue weighted by molar-refractivity contribution is 0.445. The Labute approximate surface area is 114 Å². The van der Waals surface area contributed by atoms with E-state index >= 15 is 0 Å². The summed E-state index contributed by atoms with van der Waals surface area (Å²) in [5.74, 6) is -3.85. The molecule has 0 aliphatic heterocycles. The van der Waals surface area contributed by atoms with Gasteiger partial charge in [0.25, 0.3) is 0 Å². The average Bonchev–Trinajstić information content (AvgIpc) is 2.37. The topological polar surface area (TPSA) is 12.0 Å². The van der Waals surface area contributed by atoms with Crippen molar-refractivity contribution >= 4 is 17.3 Å². The van der Waals surface area contributed by atoms with E-state index in [1.807, 2.05) is 13.0 Å². The van der Waals surface area contributed by atoms with Gasteiger partial charge in [0, 0.05) is 17.3 Å². The second-order valence-electron chi connectivity index (χ2n) is 4.19. The summed E-state index contributed by atoms with van der Waals surface area (Å²) < 4.78 is 38.9. The van der Waals surface area contributed by atoms with Crippen LogP contribution in [0, 0.1) is 24.4 Å². The molecule has 0 bridgehead atoms. The molecule has 2 aromatic carbocycles. The summed E-state index contributed by atoms with van der Waals surface area (Å²) in [5, 5.41) is 3.56. The molecule has 0 saturated heterocycles. The fraction of sp³-hybridized carbons (Fsp3) is 0.143. The smallest absolute Gasteiger partial charge is 0.194 e. The number of nitrogens with one attached hydrogen (secondary N) is 1. The average molecular weight is 286 g/mol. The molecule has 0 aliphatic rings. The van der Waals surface area contributed by atoms with Crippen molar-refractivity contribution in [2.45, 2.75) is 13.5 Å². The minimum Gasteiger partial charge on any atom is -0.381 e. The largest absolute Gasteiger partial charge is 0.381 e. The highest BCUT2D eigenvalue weighted by atomic mass is 35.5. The van der Waals surface area contributed by atoms with Crippen LogP contribution >= 0.6 is 11.6 Å². The van der Waals surface area contributed by atoms with Crippen LogP contribution in [0.1, 0.15) is 11.1 Å². The zero-order valence-electron chi connectivity index (χ0n) is 10.1. The molecule has 0 aromatic heterocycles. The van der Waals surface area contributed by atoms with Crippen LogP contribution in [0.4, 0.5) is 18.9 Å². The van der Waals surface area contributed by atoms with Crippen molar-refractivity contribution in [1.29, 1.82) is 0 Å². The Morgan fingerprint density at radius 2 is 1.68 bits per heavy atom. The number of hydrogen-bond acceptors (Lipinski definition) is 1. The molecule has 0 aliphatic carbocycles. The second kappa shape index (κ2) is 5.53. The van der Waals surface area contributed by atoms with Crippen LogP contribution in [0.15, 0.2) is 30.3 Å². The summed E-state index contributed by atoms with van der Waals surface area (Å²) in [6, 6.07) is 7.22.